The molecular weight excluding hydrogens is 222 g/mol. The molecule has 0 aliphatic rings. The van der Waals surface area contributed by atoms with Crippen LogP contribution in [0, 0.1) is 0 Å². The van der Waals surface area contributed by atoms with E-state index >= 15 is 0 Å². The summed E-state index contributed by atoms with van der Waals surface area (Å²) in [5.41, 5.74) is 0. The minimum atomic E-state index is -3.94. The summed E-state index contributed by atoms with van der Waals surface area (Å²) in [7, 11) is -3.94. The minimum absolute atomic E-state index is 0.201. The zero-order chi connectivity index (χ0) is 11.9. The molecule has 0 saturated carbocycles. The lowest BCUT2D eigenvalue weighted by Crippen LogP contribution is -2.37. The molecule has 3 N–H and O–H groups in total. The van der Waals surface area contributed by atoms with Crippen LogP contribution in [-0.4, -0.2) is 42.4 Å². The van der Waals surface area contributed by atoms with Gasteiger partial charge in [-0.15, -0.1) is 0 Å². The van der Waals surface area contributed by atoms with E-state index < -0.39 is 22.1 Å². The molecule has 6 nitrogen and oxygen atoms in total. The van der Waals surface area contributed by atoms with Crippen LogP contribution in [0.25, 0.3) is 0 Å². The van der Waals surface area contributed by atoms with E-state index in [0.717, 1.165) is 6.42 Å². The molecular formula is C8H17NO5S. The number of carboxylic acids is 1. The van der Waals surface area contributed by atoms with Crippen molar-refractivity contribution in [3.05, 3.63) is 0 Å². The van der Waals surface area contributed by atoms with Crippen molar-refractivity contribution in [1.29, 1.82) is 0 Å². The zero-order valence-corrected chi connectivity index (χ0v) is 9.46. The fourth-order valence-electron chi connectivity index (χ4n) is 1.13. The number of carboxylic acid groups (broad SMARTS) is 1. The number of hydrogen-bond donors (Lipinski definition) is 3. The van der Waals surface area contributed by atoms with E-state index in [1.165, 1.54) is 0 Å². The third-order valence-corrected chi connectivity index (χ3v) is 2.65. The first kappa shape index (κ1) is 14.3. The predicted octanol–water partition coefficient (Wildman–Crippen LogP) is 0.107. The van der Waals surface area contributed by atoms with Gasteiger partial charge in [0.15, 0.2) is 0 Å². The molecule has 0 aliphatic carbocycles. The van der Waals surface area contributed by atoms with Crippen LogP contribution in [0.5, 0.6) is 0 Å². The van der Waals surface area contributed by atoms with Crippen molar-refractivity contribution < 1.29 is 22.9 Å². The van der Waals surface area contributed by atoms with Gasteiger partial charge in [0, 0.05) is 0 Å². The highest BCUT2D eigenvalue weighted by atomic mass is 32.2. The monoisotopic (exact) mass is 239 g/mol. The predicted molar refractivity (Wildman–Crippen MR) is 55.4 cm³/mol. The lowest BCUT2D eigenvalue weighted by Gasteiger charge is -2.12. The molecule has 0 amide bonds. The number of carbonyl (C=O) groups is 1. The van der Waals surface area contributed by atoms with Crippen molar-refractivity contribution in [1.82, 2.24) is 5.32 Å². The molecule has 0 spiro atoms. The van der Waals surface area contributed by atoms with Gasteiger partial charge < -0.3 is 10.4 Å². The van der Waals surface area contributed by atoms with Crippen molar-refractivity contribution in [3.8, 4) is 0 Å². The third kappa shape index (κ3) is 8.34. The fourth-order valence-corrected chi connectivity index (χ4v) is 1.64. The Hall–Kier alpha value is -0.660. The van der Waals surface area contributed by atoms with Crippen LogP contribution in [-0.2, 0) is 14.9 Å². The van der Waals surface area contributed by atoms with Crippen LogP contribution < -0.4 is 5.32 Å². The maximum absolute atomic E-state index is 10.7. The lowest BCUT2D eigenvalue weighted by molar-refractivity contribution is -0.139. The van der Waals surface area contributed by atoms with Crippen molar-refractivity contribution in [3.63, 3.8) is 0 Å². The molecule has 0 rings (SSSR count). The molecule has 15 heavy (non-hydrogen) atoms. The van der Waals surface area contributed by atoms with Crippen LogP contribution >= 0.6 is 0 Å². The molecule has 0 fully saturated rings. The molecule has 0 aromatic carbocycles. The average Bonchev–Trinajstić information content (AvgIpc) is 2.08. The minimum Gasteiger partial charge on any atom is -0.480 e. The first-order valence-corrected chi connectivity index (χ1v) is 6.39. The Balaban J connectivity index is 3.77. The maximum atomic E-state index is 10.7. The van der Waals surface area contributed by atoms with E-state index in [9.17, 15) is 13.2 Å². The summed E-state index contributed by atoms with van der Waals surface area (Å²) < 4.78 is 29.1. The van der Waals surface area contributed by atoms with Gasteiger partial charge in [-0.1, -0.05) is 13.3 Å². The van der Waals surface area contributed by atoms with Crippen molar-refractivity contribution >= 4 is 16.1 Å². The lowest BCUT2D eigenvalue weighted by atomic mass is 10.1. The highest BCUT2D eigenvalue weighted by Gasteiger charge is 2.15. The second kappa shape index (κ2) is 6.76. The summed E-state index contributed by atoms with van der Waals surface area (Å²) in [6.45, 7) is 2.13. The third-order valence-electron chi connectivity index (χ3n) is 1.85. The molecule has 0 aromatic heterocycles. The number of hydrogen-bond acceptors (Lipinski definition) is 4. The van der Waals surface area contributed by atoms with E-state index in [1.54, 1.807) is 0 Å². The summed E-state index contributed by atoms with van der Waals surface area (Å²) in [6, 6.07) is -0.642. The standard InChI is InChI=1S/C8H17NO5S/c1-2-4-7(8(10)11)9-5-3-6-15(12,13)14/h7,9H,2-6H2,1H3,(H,10,11)(H,12,13,14)/t7-/m0/s1. The smallest absolute Gasteiger partial charge is 0.320 e. The normalized spacial score (nSPS) is 13.7. The Morgan fingerprint density at radius 3 is 2.47 bits per heavy atom. The van der Waals surface area contributed by atoms with Crippen LogP contribution in [0.4, 0.5) is 0 Å². The molecule has 0 heterocycles. The van der Waals surface area contributed by atoms with Gasteiger partial charge >= 0.3 is 5.97 Å². The highest BCUT2D eigenvalue weighted by molar-refractivity contribution is 7.85. The van der Waals surface area contributed by atoms with Gasteiger partial charge in [-0.2, -0.15) is 8.42 Å². The molecule has 0 aromatic rings. The summed E-state index contributed by atoms with van der Waals surface area (Å²) in [6.07, 6.45) is 1.44. The second-order valence-corrected chi connectivity index (χ2v) is 4.85. The van der Waals surface area contributed by atoms with Gasteiger partial charge in [-0.25, -0.2) is 0 Å². The summed E-state index contributed by atoms with van der Waals surface area (Å²) in [5, 5.41) is 11.5. The van der Waals surface area contributed by atoms with Crippen molar-refractivity contribution in [2.45, 2.75) is 32.2 Å². The largest absolute Gasteiger partial charge is 0.480 e. The Labute approximate surface area is 89.4 Å². The van der Waals surface area contributed by atoms with E-state index in [4.69, 9.17) is 9.66 Å². The van der Waals surface area contributed by atoms with Crippen molar-refractivity contribution in [2.75, 3.05) is 12.3 Å². The molecule has 0 radical (unpaired) electrons. The molecule has 0 aliphatic heterocycles. The zero-order valence-electron chi connectivity index (χ0n) is 8.64. The molecule has 0 saturated heterocycles. The van der Waals surface area contributed by atoms with E-state index in [1.807, 2.05) is 6.92 Å². The van der Waals surface area contributed by atoms with E-state index in [2.05, 4.69) is 5.32 Å². The first-order valence-electron chi connectivity index (χ1n) is 4.78. The Bertz CT molecular complexity index is 287. The van der Waals surface area contributed by atoms with Gasteiger partial charge in [0.05, 0.1) is 5.75 Å². The van der Waals surface area contributed by atoms with Gasteiger partial charge in [-0.3, -0.25) is 9.35 Å². The fraction of sp³-hybridized carbons (Fsp3) is 0.875. The van der Waals surface area contributed by atoms with Gasteiger partial charge in [0.1, 0.15) is 6.04 Å². The molecule has 90 valence electrons. The second-order valence-electron chi connectivity index (χ2n) is 3.27. The topological polar surface area (TPSA) is 104 Å². The van der Waals surface area contributed by atoms with E-state index in [0.29, 0.717) is 6.42 Å². The molecule has 1 atom stereocenters. The van der Waals surface area contributed by atoms with Gasteiger partial charge in [0.25, 0.3) is 10.1 Å². The molecule has 0 bridgehead atoms. The van der Waals surface area contributed by atoms with E-state index in [-0.39, 0.29) is 18.7 Å². The van der Waals surface area contributed by atoms with Crippen molar-refractivity contribution in [2.24, 2.45) is 0 Å². The molecule has 7 heteroatoms. The quantitative estimate of drug-likeness (QED) is 0.410. The highest BCUT2D eigenvalue weighted by Crippen LogP contribution is 1.97. The Morgan fingerprint density at radius 2 is 2.07 bits per heavy atom. The number of rotatable bonds is 8. The van der Waals surface area contributed by atoms with Crippen LogP contribution in [0.3, 0.4) is 0 Å². The SMILES string of the molecule is CCC[C@H](NCCCS(=O)(=O)O)C(=O)O. The van der Waals surface area contributed by atoms with Gasteiger partial charge in [-0.05, 0) is 19.4 Å². The average molecular weight is 239 g/mol. The summed E-state index contributed by atoms with van der Waals surface area (Å²) in [5.74, 6) is -1.29. The Kier molecular flexibility index (Phi) is 6.46. The summed E-state index contributed by atoms with van der Waals surface area (Å²) >= 11 is 0. The number of aliphatic carboxylic acids is 1. The van der Waals surface area contributed by atoms with Crippen LogP contribution in [0.1, 0.15) is 26.2 Å². The van der Waals surface area contributed by atoms with Gasteiger partial charge in [0.2, 0.25) is 0 Å². The van der Waals surface area contributed by atoms with Crippen LogP contribution in [0.2, 0.25) is 0 Å². The van der Waals surface area contributed by atoms with Crippen LogP contribution in [0.15, 0.2) is 0 Å². The number of nitrogens with one attached hydrogen (secondary N) is 1. The molecule has 0 unspecified atom stereocenters. The first-order chi connectivity index (χ1) is 6.87. The summed E-state index contributed by atoms with van der Waals surface area (Å²) in [4.78, 5) is 10.7. The Morgan fingerprint density at radius 1 is 1.47 bits per heavy atom. The maximum Gasteiger partial charge on any atom is 0.320 e.